The molecule has 0 atom stereocenters. The fourth-order valence-corrected chi connectivity index (χ4v) is 4.09. The molecule has 0 unspecified atom stereocenters. The maximum absolute atomic E-state index is 11.7. The predicted octanol–water partition coefficient (Wildman–Crippen LogP) is 6.99. The number of rotatable bonds is 6. The van der Waals surface area contributed by atoms with E-state index in [2.05, 4.69) is 31.2 Å². The summed E-state index contributed by atoms with van der Waals surface area (Å²) in [4.78, 5) is 11.7. The van der Waals surface area contributed by atoms with E-state index in [4.69, 9.17) is 4.74 Å². The summed E-state index contributed by atoms with van der Waals surface area (Å²) in [6.07, 6.45) is 8.15. The monoisotopic (exact) mass is 364 g/mol. The molecule has 1 saturated carbocycles. The van der Waals surface area contributed by atoms with Crippen LogP contribution in [0.5, 0.6) is 5.75 Å². The van der Waals surface area contributed by atoms with Gasteiger partial charge in [-0.05, 0) is 66.3 Å². The number of ether oxygens (including phenoxy) is 1. The second-order valence-corrected chi connectivity index (χ2v) is 8.23. The van der Waals surface area contributed by atoms with Gasteiger partial charge in [0, 0.05) is 0 Å². The molecule has 2 nitrogen and oxygen atoms in total. The van der Waals surface area contributed by atoms with Gasteiger partial charge in [0.05, 0.1) is 5.92 Å². The van der Waals surface area contributed by atoms with E-state index >= 15 is 0 Å². The second-order valence-electron chi connectivity index (χ2n) is 8.23. The van der Waals surface area contributed by atoms with Crippen molar-refractivity contribution < 1.29 is 9.53 Å². The molecule has 0 radical (unpaired) electrons. The van der Waals surface area contributed by atoms with Gasteiger partial charge in [-0.15, -0.1) is 0 Å². The highest BCUT2D eigenvalue weighted by molar-refractivity contribution is 5.74. The lowest BCUT2D eigenvalue weighted by molar-refractivity contribution is -0.137. The van der Waals surface area contributed by atoms with Crippen LogP contribution in [-0.2, 0) is 4.79 Å². The highest BCUT2D eigenvalue weighted by atomic mass is 16.5. The molecular formula is C25H32O2. The molecule has 2 aromatic rings. The Morgan fingerprint density at radius 1 is 0.926 bits per heavy atom. The summed E-state index contributed by atoms with van der Waals surface area (Å²) >= 11 is 0. The zero-order valence-electron chi connectivity index (χ0n) is 16.9. The molecular weight excluding hydrogens is 332 g/mol. The van der Waals surface area contributed by atoms with Crippen LogP contribution in [0.4, 0.5) is 0 Å². The maximum Gasteiger partial charge on any atom is 0.313 e. The largest absolute Gasteiger partial charge is 0.426 e. The van der Waals surface area contributed by atoms with E-state index in [1.807, 2.05) is 38.1 Å². The van der Waals surface area contributed by atoms with Gasteiger partial charge in [0.1, 0.15) is 5.75 Å². The number of benzene rings is 2. The molecule has 1 fully saturated rings. The predicted molar refractivity (Wildman–Crippen MR) is 112 cm³/mol. The molecule has 1 aliphatic carbocycles. The summed E-state index contributed by atoms with van der Waals surface area (Å²) in [5.74, 6) is 1.98. The first-order valence-electron chi connectivity index (χ1n) is 10.5. The molecule has 0 heterocycles. The molecule has 27 heavy (non-hydrogen) atoms. The first-order chi connectivity index (χ1) is 13.1. The SMILES string of the molecule is CCCC1CCC(c2ccc(-c3ccc(OC(=O)C(C)C)cc3)cc2)CC1. The van der Waals surface area contributed by atoms with Crippen molar-refractivity contribution in [2.45, 2.75) is 65.2 Å². The minimum Gasteiger partial charge on any atom is -0.426 e. The molecule has 2 heteroatoms. The summed E-state index contributed by atoms with van der Waals surface area (Å²) in [6.45, 7) is 5.98. The standard InChI is InChI=1S/C25H32O2/c1-4-5-19-6-8-20(9-7-19)21-10-12-22(13-11-21)23-14-16-24(17-15-23)27-25(26)18(2)3/h10-20H,4-9H2,1-3H3. The third-order valence-electron chi connectivity index (χ3n) is 5.80. The Balaban J connectivity index is 1.61. The molecule has 1 aliphatic rings. The zero-order chi connectivity index (χ0) is 19.2. The number of carbonyl (C=O) groups is 1. The number of hydrogen-bond donors (Lipinski definition) is 0. The van der Waals surface area contributed by atoms with Crippen LogP contribution in [-0.4, -0.2) is 5.97 Å². The maximum atomic E-state index is 11.7. The lowest BCUT2D eigenvalue weighted by Gasteiger charge is -2.28. The Morgan fingerprint density at radius 2 is 1.48 bits per heavy atom. The fourth-order valence-electron chi connectivity index (χ4n) is 4.09. The van der Waals surface area contributed by atoms with E-state index in [0.29, 0.717) is 5.75 Å². The molecule has 2 aromatic carbocycles. The van der Waals surface area contributed by atoms with E-state index in [1.165, 1.54) is 49.7 Å². The van der Waals surface area contributed by atoms with Crippen molar-refractivity contribution in [3.05, 3.63) is 54.1 Å². The number of carbonyl (C=O) groups excluding carboxylic acids is 1. The Morgan fingerprint density at radius 3 is 2.00 bits per heavy atom. The van der Waals surface area contributed by atoms with Crippen LogP contribution in [0.15, 0.2) is 48.5 Å². The smallest absolute Gasteiger partial charge is 0.313 e. The van der Waals surface area contributed by atoms with E-state index in [9.17, 15) is 4.79 Å². The fraction of sp³-hybridized carbons (Fsp3) is 0.480. The summed E-state index contributed by atoms with van der Waals surface area (Å²) in [6, 6.07) is 16.8. The van der Waals surface area contributed by atoms with Crippen LogP contribution in [0.1, 0.15) is 70.8 Å². The molecule has 0 aromatic heterocycles. The highest BCUT2D eigenvalue weighted by Gasteiger charge is 2.21. The molecule has 0 bridgehead atoms. The lowest BCUT2D eigenvalue weighted by atomic mass is 9.77. The van der Waals surface area contributed by atoms with Gasteiger partial charge in [-0.1, -0.05) is 70.0 Å². The molecule has 0 spiro atoms. The molecule has 3 rings (SSSR count). The van der Waals surface area contributed by atoms with E-state index in [-0.39, 0.29) is 11.9 Å². The number of hydrogen-bond acceptors (Lipinski definition) is 2. The van der Waals surface area contributed by atoms with Crippen LogP contribution < -0.4 is 4.74 Å². The normalized spacial score (nSPS) is 19.9. The minimum atomic E-state index is -0.194. The van der Waals surface area contributed by atoms with Crippen molar-refractivity contribution in [3.63, 3.8) is 0 Å². The average molecular weight is 365 g/mol. The molecule has 0 aliphatic heterocycles. The Kier molecular flexibility index (Phi) is 6.71. The average Bonchev–Trinajstić information content (AvgIpc) is 2.69. The van der Waals surface area contributed by atoms with E-state index in [0.717, 1.165) is 17.4 Å². The van der Waals surface area contributed by atoms with Crippen LogP contribution in [0.3, 0.4) is 0 Å². The summed E-state index contributed by atoms with van der Waals surface area (Å²) in [7, 11) is 0. The minimum absolute atomic E-state index is 0.116. The molecule has 0 N–H and O–H groups in total. The zero-order valence-corrected chi connectivity index (χ0v) is 16.9. The van der Waals surface area contributed by atoms with Crippen LogP contribution in [0.25, 0.3) is 11.1 Å². The Bertz CT molecular complexity index is 720. The summed E-state index contributed by atoms with van der Waals surface area (Å²) in [5, 5.41) is 0. The van der Waals surface area contributed by atoms with Gasteiger partial charge in [0.15, 0.2) is 0 Å². The van der Waals surface area contributed by atoms with Gasteiger partial charge in [-0.2, -0.15) is 0 Å². The number of esters is 1. The highest BCUT2D eigenvalue weighted by Crippen LogP contribution is 2.38. The topological polar surface area (TPSA) is 26.3 Å². The van der Waals surface area contributed by atoms with Crippen LogP contribution in [0.2, 0.25) is 0 Å². The van der Waals surface area contributed by atoms with Crippen molar-refractivity contribution in [1.82, 2.24) is 0 Å². The third-order valence-corrected chi connectivity index (χ3v) is 5.80. The van der Waals surface area contributed by atoms with Gasteiger partial charge in [-0.3, -0.25) is 4.79 Å². The molecule has 0 saturated heterocycles. The molecule has 144 valence electrons. The Hall–Kier alpha value is -2.09. The van der Waals surface area contributed by atoms with Crippen molar-refractivity contribution in [2.24, 2.45) is 11.8 Å². The van der Waals surface area contributed by atoms with Gasteiger partial charge >= 0.3 is 5.97 Å². The van der Waals surface area contributed by atoms with Crippen molar-refractivity contribution in [1.29, 1.82) is 0 Å². The van der Waals surface area contributed by atoms with Gasteiger partial charge in [-0.25, -0.2) is 0 Å². The van der Waals surface area contributed by atoms with Crippen molar-refractivity contribution >= 4 is 5.97 Å². The second kappa shape index (κ2) is 9.21. The summed E-state index contributed by atoms with van der Waals surface area (Å²) in [5.41, 5.74) is 3.84. The quantitative estimate of drug-likeness (QED) is 0.408. The molecule has 0 amide bonds. The van der Waals surface area contributed by atoms with Crippen LogP contribution in [0, 0.1) is 11.8 Å². The van der Waals surface area contributed by atoms with E-state index in [1.54, 1.807) is 0 Å². The third kappa shape index (κ3) is 5.22. The first-order valence-corrected chi connectivity index (χ1v) is 10.5. The van der Waals surface area contributed by atoms with Crippen molar-refractivity contribution in [3.8, 4) is 16.9 Å². The van der Waals surface area contributed by atoms with Crippen LogP contribution >= 0.6 is 0 Å². The summed E-state index contributed by atoms with van der Waals surface area (Å²) < 4.78 is 5.35. The lowest BCUT2D eigenvalue weighted by Crippen LogP contribution is -2.14. The van der Waals surface area contributed by atoms with Gasteiger partial charge in [0.2, 0.25) is 0 Å². The van der Waals surface area contributed by atoms with Gasteiger partial charge < -0.3 is 4.74 Å². The van der Waals surface area contributed by atoms with E-state index < -0.39 is 0 Å². The van der Waals surface area contributed by atoms with Gasteiger partial charge in [0.25, 0.3) is 0 Å². The van der Waals surface area contributed by atoms with Crippen molar-refractivity contribution in [2.75, 3.05) is 0 Å². The first kappa shape index (κ1) is 19.7. The Labute approximate surface area is 164 Å².